The Balaban J connectivity index is 1.47. The number of carbonyl (C=O) groups excluding carboxylic acids is 3. The second-order valence-electron chi connectivity index (χ2n) is 8.86. The third-order valence-electron chi connectivity index (χ3n) is 5.89. The third-order valence-corrected chi connectivity index (χ3v) is 6.24. The van der Waals surface area contributed by atoms with E-state index in [0.29, 0.717) is 22.9 Å². The SMILES string of the molecule is Cc1ccc(NC(=O)c2ccc(NC3=C(Cl)C(=O)N(c4ccc(C(C)C)cc4)C3=O)cc2)c(C)c1. The summed E-state index contributed by atoms with van der Waals surface area (Å²) in [6.07, 6.45) is 0. The van der Waals surface area contributed by atoms with Crippen LogP contribution >= 0.6 is 11.6 Å². The smallest absolute Gasteiger partial charge is 0.283 e. The Morgan fingerprint density at radius 3 is 2.14 bits per heavy atom. The molecular formula is C28H26ClN3O3. The van der Waals surface area contributed by atoms with Crippen LogP contribution in [0, 0.1) is 13.8 Å². The van der Waals surface area contributed by atoms with Crippen molar-refractivity contribution in [2.75, 3.05) is 15.5 Å². The molecule has 2 N–H and O–H groups in total. The minimum atomic E-state index is -0.582. The van der Waals surface area contributed by atoms with Crippen LogP contribution in [0.25, 0.3) is 0 Å². The van der Waals surface area contributed by atoms with Gasteiger partial charge in [-0.3, -0.25) is 14.4 Å². The topological polar surface area (TPSA) is 78.5 Å². The van der Waals surface area contributed by atoms with E-state index in [0.717, 1.165) is 27.3 Å². The van der Waals surface area contributed by atoms with E-state index in [-0.39, 0.29) is 16.6 Å². The van der Waals surface area contributed by atoms with Gasteiger partial charge < -0.3 is 10.6 Å². The molecule has 35 heavy (non-hydrogen) atoms. The van der Waals surface area contributed by atoms with E-state index in [1.807, 2.05) is 44.2 Å². The maximum atomic E-state index is 13.0. The molecule has 1 aliphatic rings. The fraction of sp³-hybridized carbons (Fsp3) is 0.179. The van der Waals surface area contributed by atoms with Crippen LogP contribution < -0.4 is 15.5 Å². The largest absolute Gasteiger partial charge is 0.350 e. The van der Waals surface area contributed by atoms with E-state index in [1.165, 1.54) is 0 Å². The zero-order valence-electron chi connectivity index (χ0n) is 20.0. The van der Waals surface area contributed by atoms with Gasteiger partial charge in [-0.05, 0) is 73.4 Å². The van der Waals surface area contributed by atoms with Gasteiger partial charge in [0.05, 0.1) is 5.69 Å². The highest BCUT2D eigenvalue weighted by Crippen LogP contribution is 2.31. The number of hydrogen-bond donors (Lipinski definition) is 2. The monoisotopic (exact) mass is 487 g/mol. The van der Waals surface area contributed by atoms with Gasteiger partial charge in [0.25, 0.3) is 17.7 Å². The summed E-state index contributed by atoms with van der Waals surface area (Å²) in [4.78, 5) is 39.5. The van der Waals surface area contributed by atoms with Gasteiger partial charge >= 0.3 is 0 Å². The van der Waals surface area contributed by atoms with Crippen LogP contribution in [0.3, 0.4) is 0 Å². The van der Waals surface area contributed by atoms with E-state index >= 15 is 0 Å². The third kappa shape index (κ3) is 4.98. The van der Waals surface area contributed by atoms with E-state index in [4.69, 9.17) is 11.6 Å². The Hall–Kier alpha value is -3.90. The molecule has 0 aromatic heterocycles. The van der Waals surface area contributed by atoms with Crippen molar-refractivity contribution in [3.63, 3.8) is 0 Å². The molecule has 0 saturated carbocycles. The summed E-state index contributed by atoms with van der Waals surface area (Å²) in [5.41, 5.74) is 5.38. The number of nitrogens with one attached hydrogen (secondary N) is 2. The number of nitrogens with zero attached hydrogens (tertiary/aromatic N) is 1. The van der Waals surface area contributed by atoms with Crippen LogP contribution in [0.5, 0.6) is 0 Å². The Bertz CT molecular complexity index is 1340. The number of benzene rings is 3. The molecule has 0 atom stereocenters. The Morgan fingerprint density at radius 1 is 0.886 bits per heavy atom. The summed E-state index contributed by atoms with van der Waals surface area (Å²) in [6.45, 7) is 8.07. The number of amides is 3. The standard InChI is InChI=1S/C28H26ClN3O3/c1-16(2)19-8-12-22(13-9-19)32-27(34)24(29)25(28(32)35)30-21-10-6-20(7-11-21)26(33)31-23-14-5-17(3)15-18(23)4/h5-16,30H,1-4H3,(H,31,33). The van der Waals surface area contributed by atoms with Gasteiger partial charge in [-0.1, -0.05) is 55.3 Å². The van der Waals surface area contributed by atoms with Gasteiger partial charge in [0.1, 0.15) is 10.7 Å². The number of carbonyl (C=O) groups is 3. The summed E-state index contributed by atoms with van der Waals surface area (Å²) in [5.74, 6) is -1.03. The van der Waals surface area contributed by atoms with Crippen LogP contribution in [0.4, 0.5) is 17.1 Å². The maximum absolute atomic E-state index is 13.0. The Morgan fingerprint density at radius 2 is 1.54 bits per heavy atom. The lowest BCUT2D eigenvalue weighted by Crippen LogP contribution is -2.32. The Labute approximate surface area is 209 Å². The van der Waals surface area contributed by atoms with Gasteiger partial charge in [0.2, 0.25) is 0 Å². The fourth-order valence-electron chi connectivity index (χ4n) is 3.85. The molecule has 3 aromatic carbocycles. The first-order valence-electron chi connectivity index (χ1n) is 11.3. The molecule has 4 rings (SSSR count). The predicted octanol–water partition coefficient (Wildman–Crippen LogP) is 6.11. The number of rotatable bonds is 6. The van der Waals surface area contributed by atoms with Crippen molar-refractivity contribution in [1.82, 2.24) is 0 Å². The van der Waals surface area contributed by atoms with Crippen LogP contribution in [0.2, 0.25) is 0 Å². The Kier molecular flexibility index (Phi) is 6.76. The fourth-order valence-corrected chi connectivity index (χ4v) is 4.06. The van der Waals surface area contributed by atoms with Crippen molar-refractivity contribution in [2.24, 2.45) is 0 Å². The number of hydrogen-bond acceptors (Lipinski definition) is 4. The van der Waals surface area contributed by atoms with E-state index in [1.54, 1.807) is 36.4 Å². The second kappa shape index (κ2) is 9.76. The molecule has 178 valence electrons. The van der Waals surface area contributed by atoms with Crippen LogP contribution in [-0.4, -0.2) is 17.7 Å². The zero-order chi connectivity index (χ0) is 25.3. The van der Waals surface area contributed by atoms with Gasteiger partial charge in [-0.2, -0.15) is 0 Å². The molecule has 0 saturated heterocycles. The number of halogens is 1. The quantitative estimate of drug-likeness (QED) is 0.411. The second-order valence-corrected chi connectivity index (χ2v) is 9.23. The first kappa shape index (κ1) is 24.2. The number of imide groups is 1. The summed E-state index contributed by atoms with van der Waals surface area (Å²) >= 11 is 6.24. The molecule has 0 fully saturated rings. The van der Waals surface area contributed by atoms with E-state index in [2.05, 4.69) is 24.5 Å². The van der Waals surface area contributed by atoms with E-state index in [9.17, 15) is 14.4 Å². The average molecular weight is 488 g/mol. The first-order chi connectivity index (χ1) is 16.7. The summed E-state index contributed by atoms with van der Waals surface area (Å²) in [7, 11) is 0. The van der Waals surface area contributed by atoms with Crippen molar-refractivity contribution in [2.45, 2.75) is 33.6 Å². The normalized spacial score (nSPS) is 13.6. The lowest BCUT2D eigenvalue weighted by molar-refractivity contribution is -0.120. The van der Waals surface area contributed by atoms with Crippen molar-refractivity contribution in [3.05, 3.63) is 99.7 Å². The molecule has 3 aromatic rings. The van der Waals surface area contributed by atoms with Crippen LogP contribution in [-0.2, 0) is 9.59 Å². The minimum Gasteiger partial charge on any atom is -0.350 e. The molecule has 0 bridgehead atoms. The predicted molar refractivity (Wildman–Crippen MR) is 140 cm³/mol. The molecular weight excluding hydrogens is 462 g/mol. The summed E-state index contributed by atoms with van der Waals surface area (Å²) in [6, 6.07) is 19.7. The summed E-state index contributed by atoms with van der Waals surface area (Å²) < 4.78 is 0. The molecule has 0 aliphatic carbocycles. The zero-order valence-corrected chi connectivity index (χ0v) is 20.7. The van der Waals surface area contributed by atoms with Gasteiger partial charge in [-0.15, -0.1) is 0 Å². The molecule has 3 amide bonds. The molecule has 1 heterocycles. The first-order valence-corrected chi connectivity index (χ1v) is 11.7. The van der Waals surface area contributed by atoms with E-state index < -0.39 is 11.8 Å². The molecule has 0 unspecified atom stereocenters. The minimum absolute atomic E-state index is 0.00270. The molecule has 1 aliphatic heterocycles. The molecule has 0 radical (unpaired) electrons. The summed E-state index contributed by atoms with van der Waals surface area (Å²) in [5, 5.41) is 5.66. The highest BCUT2D eigenvalue weighted by molar-refractivity contribution is 6.53. The van der Waals surface area contributed by atoms with Crippen LogP contribution in [0.15, 0.2) is 77.5 Å². The van der Waals surface area contributed by atoms with Gasteiger partial charge in [0.15, 0.2) is 0 Å². The lowest BCUT2D eigenvalue weighted by atomic mass is 10.0. The van der Waals surface area contributed by atoms with Gasteiger partial charge in [0, 0.05) is 16.9 Å². The number of aryl methyl sites for hydroxylation is 2. The van der Waals surface area contributed by atoms with Crippen molar-refractivity contribution in [3.8, 4) is 0 Å². The van der Waals surface area contributed by atoms with Crippen molar-refractivity contribution >= 4 is 46.4 Å². The maximum Gasteiger partial charge on any atom is 0.283 e. The molecule has 6 nitrogen and oxygen atoms in total. The molecule has 0 spiro atoms. The van der Waals surface area contributed by atoms with Crippen molar-refractivity contribution in [1.29, 1.82) is 0 Å². The highest BCUT2D eigenvalue weighted by atomic mass is 35.5. The van der Waals surface area contributed by atoms with Crippen LogP contribution in [0.1, 0.15) is 46.8 Å². The number of anilines is 3. The lowest BCUT2D eigenvalue weighted by Gasteiger charge is -2.16. The molecule has 7 heteroatoms. The highest BCUT2D eigenvalue weighted by Gasteiger charge is 2.39. The van der Waals surface area contributed by atoms with Gasteiger partial charge in [-0.25, -0.2) is 4.90 Å². The average Bonchev–Trinajstić information content (AvgIpc) is 3.04. The van der Waals surface area contributed by atoms with Crippen molar-refractivity contribution < 1.29 is 14.4 Å².